The van der Waals surface area contributed by atoms with E-state index < -0.39 is 0 Å². The monoisotopic (exact) mass is 383 g/mol. The van der Waals surface area contributed by atoms with Crippen LogP contribution in [0.25, 0.3) is 5.69 Å². The molecule has 27 heavy (non-hydrogen) atoms. The number of tetrazole rings is 1. The highest BCUT2D eigenvalue weighted by Crippen LogP contribution is 2.32. The molecule has 2 aromatic carbocycles. The van der Waals surface area contributed by atoms with Crippen molar-refractivity contribution in [3.63, 3.8) is 0 Å². The lowest BCUT2D eigenvalue weighted by atomic mass is 10.2. The summed E-state index contributed by atoms with van der Waals surface area (Å²) in [5.74, 6) is 1.35. The lowest BCUT2D eigenvalue weighted by molar-refractivity contribution is -0.113. The zero-order valence-electron chi connectivity index (χ0n) is 14.6. The number of ether oxygens (including phenoxy) is 2. The first-order valence-corrected chi connectivity index (χ1v) is 9.36. The van der Waals surface area contributed by atoms with Crippen molar-refractivity contribution in [2.75, 3.05) is 24.3 Å². The number of thioether (sulfide) groups is 1. The third-order valence-electron chi connectivity index (χ3n) is 3.94. The van der Waals surface area contributed by atoms with Crippen LogP contribution >= 0.6 is 11.8 Å². The van der Waals surface area contributed by atoms with E-state index in [2.05, 4.69) is 20.8 Å². The smallest absolute Gasteiger partial charge is 0.234 e. The number of hydrogen-bond acceptors (Lipinski definition) is 7. The van der Waals surface area contributed by atoms with Gasteiger partial charge in [0.1, 0.15) is 13.2 Å². The second-order valence-electron chi connectivity index (χ2n) is 5.86. The number of para-hydroxylation sites is 1. The molecule has 0 radical (unpaired) electrons. The summed E-state index contributed by atoms with van der Waals surface area (Å²) in [7, 11) is 0. The van der Waals surface area contributed by atoms with Crippen LogP contribution in [0.2, 0.25) is 0 Å². The summed E-state index contributed by atoms with van der Waals surface area (Å²) in [4.78, 5) is 12.3. The number of nitrogens with one attached hydrogen (secondary N) is 1. The highest BCUT2D eigenvalue weighted by atomic mass is 32.2. The summed E-state index contributed by atoms with van der Waals surface area (Å²) < 4.78 is 12.6. The number of aryl methyl sites for hydroxylation is 1. The molecule has 9 heteroatoms. The summed E-state index contributed by atoms with van der Waals surface area (Å²) in [6.07, 6.45) is 0. The number of carbonyl (C=O) groups is 1. The molecule has 3 aromatic rings. The van der Waals surface area contributed by atoms with Gasteiger partial charge in [0.05, 0.1) is 11.4 Å². The molecule has 2 heterocycles. The predicted octanol–water partition coefficient (Wildman–Crippen LogP) is 2.47. The molecule has 0 atom stereocenters. The van der Waals surface area contributed by atoms with Gasteiger partial charge in [-0.05, 0) is 41.1 Å². The van der Waals surface area contributed by atoms with Crippen molar-refractivity contribution in [2.24, 2.45) is 0 Å². The number of amides is 1. The van der Waals surface area contributed by atoms with Gasteiger partial charge in [0.2, 0.25) is 11.1 Å². The molecule has 0 fully saturated rings. The van der Waals surface area contributed by atoms with Gasteiger partial charge in [-0.1, -0.05) is 30.0 Å². The van der Waals surface area contributed by atoms with E-state index >= 15 is 0 Å². The topological polar surface area (TPSA) is 91.2 Å². The first-order chi connectivity index (χ1) is 13.2. The van der Waals surface area contributed by atoms with E-state index in [0.717, 1.165) is 11.3 Å². The quantitative estimate of drug-likeness (QED) is 0.677. The SMILES string of the molecule is Cc1ccccc1-n1nnnc1SCC(=O)Nc1ccc2c(c1)OCCO2. The average molecular weight is 383 g/mol. The van der Waals surface area contributed by atoms with Gasteiger partial charge >= 0.3 is 0 Å². The largest absolute Gasteiger partial charge is 0.486 e. The lowest BCUT2D eigenvalue weighted by Gasteiger charge is -2.18. The van der Waals surface area contributed by atoms with Gasteiger partial charge in [-0.3, -0.25) is 4.79 Å². The van der Waals surface area contributed by atoms with Gasteiger partial charge in [0.15, 0.2) is 11.5 Å². The summed E-state index contributed by atoms with van der Waals surface area (Å²) >= 11 is 1.27. The van der Waals surface area contributed by atoms with E-state index in [0.29, 0.717) is 35.6 Å². The summed E-state index contributed by atoms with van der Waals surface area (Å²) in [6, 6.07) is 13.1. The summed E-state index contributed by atoms with van der Waals surface area (Å²) in [5, 5.41) is 15.2. The van der Waals surface area contributed by atoms with Crippen molar-refractivity contribution in [1.29, 1.82) is 0 Å². The number of rotatable bonds is 5. The van der Waals surface area contributed by atoms with Gasteiger partial charge < -0.3 is 14.8 Å². The molecular weight excluding hydrogens is 366 g/mol. The van der Waals surface area contributed by atoms with Crippen LogP contribution < -0.4 is 14.8 Å². The molecule has 0 spiro atoms. The van der Waals surface area contributed by atoms with Crippen LogP contribution in [0.4, 0.5) is 5.69 Å². The van der Waals surface area contributed by atoms with Crippen molar-refractivity contribution in [2.45, 2.75) is 12.1 Å². The highest BCUT2D eigenvalue weighted by Gasteiger charge is 2.15. The van der Waals surface area contributed by atoms with Gasteiger partial charge in [-0.2, -0.15) is 4.68 Å². The molecule has 1 aliphatic heterocycles. The molecule has 1 amide bonds. The Morgan fingerprint density at radius 1 is 1.19 bits per heavy atom. The van der Waals surface area contributed by atoms with Crippen LogP contribution in [0.15, 0.2) is 47.6 Å². The van der Waals surface area contributed by atoms with Crippen LogP contribution in [0.1, 0.15) is 5.56 Å². The number of aromatic nitrogens is 4. The number of hydrogen-bond donors (Lipinski definition) is 1. The van der Waals surface area contributed by atoms with E-state index in [-0.39, 0.29) is 11.7 Å². The predicted molar refractivity (Wildman–Crippen MR) is 101 cm³/mol. The van der Waals surface area contributed by atoms with Gasteiger partial charge in [0.25, 0.3) is 0 Å². The Bertz CT molecular complexity index is 975. The van der Waals surface area contributed by atoms with Gasteiger partial charge in [-0.25, -0.2) is 0 Å². The molecule has 0 saturated carbocycles. The minimum Gasteiger partial charge on any atom is -0.486 e. The number of nitrogens with zero attached hydrogens (tertiary/aromatic N) is 4. The minimum absolute atomic E-state index is 0.156. The Morgan fingerprint density at radius 3 is 2.85 bits per heavy atom. The van der Waals surface area contributed by atoms with Crippen LogP contribution in [-0.4, -0.2) is 45.1 Å². The number of anilines is 1. The number of carbonyl (C=O) groups excluding carboxylic acids is 1. The number of fused-ring (bicyclic) bond motifs is 1. The van der Waals surface area contributed by atoms with E-state index in [1.54, 1.807) is 22.9 Å². The standard InChI is InChI=1S/C18H17N5O3S/c1-12-4-2-3-5-14(12)23-18(20-21-22-23)27-11-17(24)19-13-6-7-15-16(10-13)26-9-8-25-15/h2-7,10H,8-9,11H2,1H3,(H,19,24). The minimum atomic E-state index is -0.156. The Balaban J connectivity index is 1.41. The highest BCUT2D eigenvalue weighted by molar-refractivity contribution is 7.99. The zero-order chi connectivity index (χ0) is 18.6. The van der Waals surface area contributed by atoms with Crippen LogP contribution in [0.3, 0.4) is 0 Å². The summed E-state index contributed by atoms with van der Waals surface area (Å²) in [5.41, 5.74) is 2.59. The van der Waals surface area contributed by atoms with Gasteiger partial charge in [-0.15, -0.1) is 5.10 Å². The molecule has 0 aliphatic carbocycles. The third kappa shape index (κ3) is 3.87. The van der Waals surface area contributed by atoms with E-state index in [1.807, 2.05) is 31.2 Å². The molecule has 1 aromatic heterocycles. The van der Waals surface area contributed by atoms with Gasteiger partial charge in [0, 0.05) is 11.8 Å². The maximum absolute atomic E-state index is 12.3. The van der Waals surface area contributed by atoms with Crippen molar-refractivity contribution in [1.82, 2.24) is 20.2 Å². The maximum Gasteiger partial charge on any atom is 0.234 e. The molecule has 1 N–H and O–H groups in total. The second-order valence-corrected chi connectivity index (χ2v) is 6.80. The maximum atomic E-state index is 12.3. The fraction of sp³-hybridized carbons (Fsp3) is 0.222. The molecule has 0 bridgehead atoms. The van der Waals surface area contributed by atoms with E-state index in [4.69, 9.17) is 9.47 Å². The van der Waals surface area contributed by atoms with E-state index in [1.165, 1.54) is 11.8 Å². The molecule has 4 rings (SSSR count). The van der Waals surface area contributed by atoms with Crippen LogP contribution in [0.5, 0.6) is 11.5 Å². The fourth-order valence-electron chi connectivity index (χ4n) is 2.67. The lowest BCUT2D eigenvalue weighted by Crippen LogP contribution is -2.17. The summed E-state index contributed by atoms with van der Waals surface area (Å²) in [6.45, 7) is 3.02. The van der Waals surface area contributed by atoms with Crippen molar-refractivity contribution >= 4 is 23.4 Å². The third-order valence-corrected chi connectivity index (χ3v) is 4.86. The molecular formula is C18H17N5O3S. The Hall–Kier alpha value is -3.07. The van der Waals surface area contributed by atoms with Crippen molar-refractivity contribution < 1.29 is 14.3 Å². The Morgan fingerprint density at radius 2 is 2.00 bits per heavy atom. The molecule has 0 saturated heterocycles. The van der Waals surface area contributed by atoms with Crippen molar-refractivity contribution in [3.8, 4) is 17.2 Å². The first-order valence-electron chi connectivity index (χ1n) is 8.37. The molecule has 8 nitrogen and oxygen atoms in total. The van der Waals surface area contributed by atoms with Crippen LogP contribution in [-0.2, 0) is 4.79 Å². The second kappa shape index (κ2) is 7.67. The Labute approximate surface area is 159 Å². The van der Waals surface area contributed by atoms with E-state index in [9.17, 15) is 4.79 Å². The number of benzene rings is 2. The normalized spacial score (nSPS) is 12.6. The zero-order valence-corrected chi connectivity index (χ0v) is 15.4. The van der Waals surface area contributed by atoms with Crippen LogP contribution in [0, 0.1) is 6.92 Å². The average Bonchev–Trinajstić information content (AvgIpc) is 3.15. The fourth-order valence-corrected chi connectivity index (χ4v) is 3.35. The molecule has 1 aliphatic rings. The van der Waals surface area contributed by atoms with Crippen molar-refractivity contribution in [3.05, 3.63) is 48.0 Å². The molecule has 0 unspecified atom stereocenters. The molecule has 138 valence electrons. The Kier molecular flexibility index (Phi) is 4.93. The first kappa shape index (κ1) is 17.3.